The quantitative estimate of drug-likeness (QED) is 0.341. The molecule has 8 heteroatoms. The highest BCUT2D eigenvalue weighted by Gasteiger charge is 2.21. The molecule has 1 aromatic carbocycles. The van der Waals surface area contributed by atoms with Crippen LogP contribution in [-0.4, -0.2) is 37.1 Å². The van der Waals surface area contributed by atoms with E-state index >= 15 is 0 Å². The fourth-order valence-corrected chi connectivity index (χ4v) is 3.06. The van der Waals surface area contributed by atoms with Crippen LogP contribution in [0, 0.1) is 0 Å². The molecule has 1 amide bonds. The number of rotatable bonds is 7. The molecule has 0 bridgehead atoms. The zero-order valence-corrected chi connectivity index (χ0v) is 19.2. The van der Waals surface area contributed by atoms with Gasteiger partial charge in [-0.15, -0.1) is 24.0 Å². The summed E-state index contributed by atoms with van der Waals surface area (Å²) in [6.07, 6.45) is 1.58. The maximum atomic E-state index is 11.9. The van der Waals surface area contributed by atoms with Gasteiger partial charge in [0.2, 0.25) is 11.8 Å². The number of halogens is 1. The topological polar surface area (TPSA) is 78.9 Å². The fourth-order valence-electron chi connectivity index (χ4n) is 3.06. The number of guanidine groups is 1. The molecule has 2 heterocycles. The summed E-state index contributed by atoms with van der Waals surface area (Å²) in [6.45, 7) is 4.72. The molecule has 1 aliphatic heterocycles. The van der Waals surface area contributed by atoms with Crippen molar-refractivity contribution in [3.63, 3.8) is 0 Å². The first kappa shape index (κ1) is 22.9. The van der Waals surface area contributed by atoms with Crippen LogP contribution in [0.1, 0.15) is 31.0 Å². The molecule has 0 unspecified atom stereocenters. The van der Waals surface area contributed by atoms with E-state index in [4.69, 9.17) is 4.74 Å². The maximum Gasteiger partial charge on any atom is 0.227 e. The number of nitrogens with one attached hydrogen (secondary N) is 2. The fraction of sp³-hybridized carbons (Fsp3) is 0.381. The highest BCUT2D eigenvalue weighted by Crippen LogP contribution is 2.21. The number of benzene rings is 1. The third-order valence-electron chi connectivity index (χ3n) is 4.51. The third kappa shape index (κ3) is 6.59. The minimum atomic E-state index is 0. The van der Waals surface area contributed by atoms with Gasteiger partial charge in [-0.1, -0.05) is 18.2 Å². The van der Waals surface area contributed by atoms with Crippen molar-refractivity contribution in [3.8, 4) is 5.88 Å². The summed E-state index contributed by atoms with van der Waals surface area (Å²) in [5.41, 5.74) is 2.93. The summed E-state index contributed by atoms with van der Waals surface area (Å²) < 4.78 is 5.16. The van der Waals surface area contributed by atoms with Gasteiger partial charge < -0.3 is 20.3 Å². The SMILES string of the molecule is CCNC(=NCc1ccc(N2CCCC2=O)cc1)NCc1cccc(OC)n1.I. The molecule has 7 nitrogen and oxygen atoms in total. The van der Waals surface area contributed by atoms with E-state index in [1.165, 1.54) is 0 Å². The lowest BCUT2D eigenvalue weighted by molar-refractivity contribution is -0.117. The molecule has 1 saturated heterocycles. The Balaban J connectivity index is 0.00000300. The zero-order valence-electron chi connectivity index (χ0n) is 16.9. The monoisotopic (exact) mass is 509 g/mol. The van der Waals surface area contributed by atoms with Crippen molar-refractivity contribution in [3.05, 3.63) is 53.7 Å². The number of carbonyl (C=O) groups is 1. The van der Waals surface area contributed by atoms with Crippen molar-refractivity contribution in [1.29, 1.82) is 0 Å². The smallest absolute Gasteiger partial charge is 0.227 e. The summed E-state index contributed by atoms with van der Waals surface area (Å²) in [4.78, 5) is 22.7. The van der Waals surface area contributed by atoms with Crippen molar-refractivity contribution in [2.75, 3.05) is 25.1 Å². The second-order valence-electron chi connectivity index (χ2n) is 6.54. The number of nitrogens with zero attached hydrogens (tertiary/aromatic N) is 3. The Morgan fingerprint density at radius 3 is 2.66 bits per heavy atom. The summed E-state index contributed by atoms with van der Waals surface area (Å²) in [5, 5.41) is 6.53. The van der Waals surface area contributed by atoms with E-state index < -0.39 is 0 Å². The lowest BCUT2D eigenvalue weighted by Crippen LogP contribution is -2.37. The van der Waals surface area contributed by atoms with Gasteiger partial charge in [0.15, 0.2) is 5.96 Å². The van der Waals surface area contributed by atoms with E-state index in [2.05, 4.69) is 20.6 Å². The van der Waals surface area contributed by atoms with Crippen LogP contribution in [0.3, 0.4) is 0 Å². The Morgan fingerprint density at radius 2 is 2.00 bits per heavy atom. The number of ether oxygens (including phenoxy) is 1. The first-order chi connectivity index (χ1) is 13.7. The predicted octanol–water partition coefficient (Wildman–Crippen LogP) is 3.09. The molecule has 1 aromatic heterocycles. The normalized spacial score (nSPS) is 13.8. The standard InChI is InChI=1S/C21H27N5O2.HI/c1-3-22-21(24-15-17-6-4-7-19(25-17)28-2)23-14-16-9-11-18(12-10-16)26-13-5-8-20(26)27;/h4,6-7,9-12H,3,5,8,13-15H2,1-2H3,(H2,22,23,24);1H. The van der Waals surface area contributed by atoms with Gasteiger partial charge in [-0.05, 0) is 37.1 Å². The van der Waals surface area contributed by atoms with Gasteiger partial charge in [0.1, 0.15) is 0 Å². The molecule has 3 rings (SSSR count). The van der Waals surface area contributed by atoms with Crippen molar-refractivity contribution in [2.24, 2.45) is 4.99 Å². The number of amides is 1. The molecule has 0 spiro atoms. The zero-order chi connectivity index (χ0) is 19.8. The van der Waals surface area contributed by atoms with E-state index in [9.17, 15) is 4.79 Å². The molecule has 0 atom stereocenters. The van der Waals surface area contributed by atoms with Gasteiger partial charge in [-0.2, -0.15) is 0 Å². The van der Waals surface area contributed by atoms with E-state index in [0.717, 1.165) is 42.4 Å². The minimum Gasteiger partial charge on any atom is -0.481 e. The number of pyridine rings is 1. The summed E-state index contributed by atoms with van der Waals surface area (Å²) >= 11 is 0. The molecule has 0 radical (unpaired) electrons. The van der Waals surface area contributed by atoms with E-state index in [-0.39, 0.29) is 29.9 Å². The molecule has 0 saturated carbocycles. The number of hydrogen-bond donors (Lipinski definition) is 2. The molecule has 156 valence electrons. The molecular weight excluding hydrogens is 481 g/mol. The van der Waals surface area contributed by atoms with Gasteiger partial charge >= 0.3 is 0 Å². The summed E-state index contributed by atoms with van der Waals surface area (Å²) in [6, 6.07) is 13.7. The van der Waals surface area contributed by atoms with Crippen molar-refractivity contribution in [2.45, 2.75) is 32.9 Å². The molecular formula is C21H28IN5O2. The molecule has 1 fully saturated rings. The van der Waals surface area contributed by atoms with Crippen LogP contribution in [-0.2, 0) is 17.9 Å². The van der Waals surface area contributed by atoms with Gasteiger partial charge in [0, 0.05) is 31.3 Å². The van der Waals surface area contributed by atoms with Crippen LogP contribution in [0.25, 0.3) is 0 Å². The van der Waals surface area contributed by atoms with Crippen LogP contribution in [0.5, 0.6) is 5.88 Å². The highest BCUT2D eigenvalue weighted by molar-refractivity contribution is 14.0. The molecule has 1 aliphatic rings. The van der Waals surface area contributed by atoms with E-state index in [1.54, 1.807) is 7.11 Å². The Bertz CT molecular complexity index is 826. The first-order valence-electron chi connectivity index (χ1n) is 9.61. The minimum absolute atomic E-state index is 0. The third-order valence-corrected chi connectivity index (χ3v) is 4.51. The lowest BCUT2D eigenvalue weighted by atomic mass is 10.2. The predicted molar refractivity (Wildman–Crippen MR) is 126 cm³/mol. The number of aliphatic imine (C=N–C) groups is 1. The second kappa shape index (κ2) is 11.6. The summed E-state index contributed by atoms with van der Waals surface area (Å²) in [5.74, 6) is 1.53. The number of aromatic nitrogens is 1. The van der Waals surface area contributed by atoms with Gasteiger partial charge in [-0.3, -0.25) is 4.79 Å². The number of carbonyl (C=O) groups excluding carboxylic acids is 1. The van der Waals surface area contributed by atoms with Gasteiger partial charge in [0.05, 0.1) is 25.9 Å². The van der Waals surface area contributed by atoms with E-state index in [1.807, 2.05) is 54.3 Å². The van der Waals surface area contributed by atoms with Gasteiger partial charge in [-0.25, -0.2) is 9.98 Å². The van der Waals surface area contributed by atoms with Crippen LogP contribution in [0.2, 0.25) is 0 Å². The molecule has 2 N–H and O–H groups in total. The van der Waals surface area contributed by atoms with Crippen LogP contribution in [0.4, 0.5) is 5.69 Å². The molecule has 2 aromatic rings. The Labute approximate surface area is 189 Å². The largest absolute Gasteiger partial charge is 0.481 e. The highest BCUT2D eigenvalue weighted by atomic mass is 127. The van der Waals surface area contributed by atoms with Gasteiger partial charge in [0.25, 0.3) is 0 Å². The van der Waals surface area contributed by atoms with Crippen molar-refractivity contribution >= 4 is 41.5 Å². The lowest BCUT2D eigenvalue weighted by Gasteiger charge is -2.16. The number of anilines is 1. The van der Waals surface area contributed by atoms with Crippen LogP contribution in [0.15, 0.2) is 47.5 Å². The maximum absolute atomic E-state index is 11.9. The Morgan fingerprint density at radius 1 is 1.21 bits per heavy atom. The molecule has 29 heavy (non-hydrogen) atoms. The summed E-state index contributed by atoms with van der Waals surface area (Å²) in [7, 11) is 1.61. The average Bonchev–Trinajstić information content (AvgIpc) is 3.16. The van der Waals surface area contributed by atoms with Crippen molar-refractivity contribution in [1.82, 2.24) is 15.6 Å². The average molecular weight is 509 g/mol. The van der Waals surface area contributed by atoms with E-state index in [0.29, 0.717) is 25.4 Å². The second-order valence-corrected chi connectivity index (χ2v) is 6.54. The number of methoxy groups -OCH3 is 1. The van der Waals surface area contributed by atoms with Crippen molar-refractivity contribution < 1.29 is 9.53 Å². The Hall–Kier alpha value is -2.36. The molecule has 0 aliphatic carbocycles. The number of hydrogen-bond acceptors (Lipinski definition) is 4. The first-order valence-corrected chi connectivity index (χ1v) is 9.61. The van der Waals surface area contributed by atoms with Crippen LogP contribution >= 0.6 is 24.0 Å². The van der Waals surface area contributed by atoms with Crippen LogP contribution < -0.4 is 20.3 Å². The Kier molecular flexibility index (Phi) is 9.17.